The molecule has 1 aliphatic rings. The number of hydrogen-bond donors (Lipinski definition) is 2. The zero-order valence-corrected chi connectivity index (χ0v) is 11.3. The van der Waals surface area contributed by atoms with Crippen molar-refractivity contribution in [1.82, 2.24) is 4.90 Å². The lowest BCUT2D eigenvalue weighted by Crippen LogP contribution is -2.44. The molecule has 0 spiro atoms. The molecule has 1 aromatic rings. The number of aliphatic hydroxyl groups excluding tert-OH is 1. The van der Waals surface area contributed by atoms with Gasteiger partial charge < -0.3 is 15.1 Å². The molecule has 1 aliphatic heterocycles. The van der Waals surface area contributed by atoms with E-state index in [1.165, 1.54) is 6.07 Å². The van der Waals surface area contributed by atoms with Crippen LogP contribution in [0.25, 0.3) is 0 Å². The predicted octanol–water partition coefficient (Wildman–Crippen LogP) is 2.08. The second kappa shape index (κ2) is 6.06. The minimum absolute atomic E-state index is 0.0443. The number of carbonyl (C=O) groups excluding carboxylic acids is 1. The first kappa shape index (κ1) is 13.9. The van der Waals surface area contributed by atoms with Gasteiger partial charge in [0.05, 0.1) is 0 Å². The summed E-state index contributed by atoms with van der Waals surface area (Å²) in [5, 5.41) is 18.7. The highest BCUT2D eigenvalue weighted by Gasteiger charge is 2.27. The van der Waals surface area contributed by atoms with E-state index in [9.17, 15) is 9.90 Å². The van der Waals surface area contributed by atoms with Crippen LogP contribution in [0.4, 0.5) is 0 Å². The highest BCUT2D eigenvalue weighted by atomic mass is 16.3. The van der Waals surface area contributed by atoms with E-state index in [1.807, 2.05) is 11.8 Å². The molecule has 4 heteroatoms. The fraction of sp³-hybridized carbons (Fsp3) is 0.533. The number of nitrogens with zero attached hydrogens (tertiary/aromatic N) is 1. The van der Waals surface area contributed by atoms with Crippen molar-refractivity contribution < 1.29 is 15.0 Å². The van der Waals surface area contributed by atoms with Gasteiger partial charge in [0.25, 0.3) is 5.91 Å². The number of benzene rings is 1. The minimum atomic E-state index is -0.0443. The zero-order chi connectivity index (χ0) is 13.8. The molecule has 1 atom stereocenters. The van der Waals surface area contributed by atoms with Crippen LogP contribution in [0.5, 0.6) is 5.75 Å². The number of piperidine rings is 1. The van der Waals surface area contributed by atoms with Crippen LogP contribution in [0.15, 0.2) is 18.2 Å². The lowest BCUT2D eigenvalue weighted by molar-refractivity contribution is 0.0574. The molecule has 1 unspecified atom stereocenters. The largest absolute Gasteiger partial charge is 0.508 e. The van der Waals surface area contributed by atoms with E-state index < -0.39 is 0 Å². The molecular formula is C15H21NO3. The normalized spacial score (nSPS) is 19.5. The second-order valence-corrected chi connectivity index (χ2v) is 5.22. The number of hydrogen-bond acceptors (Lipinski definition) is 3. The van der Waals surface area contributed by atoms with Crippen molar-refractivity contribution in [3.63, 3.8) is 0 Å². The Bertz CT molecular complexity index is 436. The van der Waals surface area contributed by atoms with Gasteiger partial charge in [0, 0.05) is 24.8 Å². The summed E-state index contributed by atoms with van der Waals surface area (Å²) in [6.45, 7) is 2.70. The van der Waals surface area contributed by atoms with Crippen LogP contribution in [0.3, 0.4) is 0 Å². The summed E-state index contributed by atoms with van der Waals surface area (Å²) in [6, 6.07) is 5.07. The topological polar surface area (TPSA) is 60.8 Å². The van der Waals surface area contributed by atoms with E-state index >= 15 is 0 Å². The number of phenols is 1. The van der Waals surface area contributed by atoms with Crippen LogP contribution >= 0.6 is 0 Å². The number of rotatable bonds is 3. The summed E-state index contributed by atoms with van der Waals surface area (Å²) in [7, 11) is 0. The second-order valence-electron chi connectivity index (χ2n) is 5.22. The van der Waals surface area contributed by atoms with Crippen LogP contribution in [0.1, 0.15) is 41.6 Å². The lowest BCUT2D eigenvalue weighted by atomic mass is 9.98. The van der Waals surface area contributed by atoms with E-state index in [0.717, 1.165) is 31.4 Å². The van der Waals surface area contributed by atoms with Gasteiger partial charge in [-0.3, -0.25) is 4.79 Å². The summed E-state index contributed by atoms with van der Waals surface area (Å²) in [4.78, 5) is 14.4. The summed E-state index contributed by atoms with van der Waals surface area (Å²) in [6.07, 6.45) is 3.69. The molecular weight excluding hydrogens is 242 g/mol. The monoisotopic (exact) mass is 263 g/mol. The maximum absolute atomic E-state index is 12.5. The van der Waals surface area contributed by atoms with Gasteiger partial charge in [-0.05, 0) is 56.4 Å². The van der Waals surface area contributed by atoms with Crippen molar-refractivity contribution in [2.75, 3.05) is 13.2 Å². The Balaban J connectivity index is 2.20. The highest BCUT2D eigenvalue weighted by Crippen LogP contribution is 2.23. The Hall–Kier alpha value is -1.55. The molecule has 0 radical (unpaired) electrons. The van der Waals surface area contributed by atoms with Gasteiger partial charge in [-0.15, -0.1) is 0 Å². The van der Waals surface area contributed by atoms with E-state index in [0.29, 0.717) is 12.0 Å². The number of aromatic hydroxyl groups is 1. The third kappa shape index (κ3) is 3.26. The predicted molar refractivity (Wildman–Crippen MR) is 73.2 cm³/mol. The molecule has 2 rings (SSSR count). The fourth-order valence-electron chi connectivity index (χ4n) is 2.77. The van der Waals surface area contributed by atoms with Crippen LogP contribution in [-0.2, 0) is 0 Å². The minimum Gasteiger partial charge on any atom is -0.508 e. The molecule has 0 aromatic heterocycles. The number of aryl methyl sites for hydroxylation is 1. The first-order chi connectivity index (χ1) is 9.11. The number of amides is 1. The van der Waals surface area contributed by atoms with E-state index in [-0.39, 0.29) is 24.3 Å². The standard InChI is InChI=1S/C15H21NO3/c1-11-8-12(10-14(18)9-11)15(19)16-6-3-2-4-13(16)5-7-17/h8-10,13,17-18H,2-7H2,1H3. The van der Waals surface area contributed by atoms with E-state index in [1.54, 1.807) is 12.1 Å². The number of aliphatic hydroxyl groups is 1. The third-order valence-electron chi connectivity index (χ3n) is 3.66. The number of carbonyl (C=O) groups is 1. The maximum atomic E-state index is 12.5. The Kier molecular flexibility index (Phi) is 4.43. The Morgan fingerprint density at radius 2 is 2.16 bits per heavy atom. The molecule has 19 heavy (non-hydrogen) atoms. The van der Waals surface area contributed by atoms with Crippen molar-refractivity contribution in [3.05, 3.63) is 29.3 Å². The summed E-state index contributed by atoms with van der Waals surface area (Å²) >= 11 is 0. The number of phenolic OH excluding ortho intramolecular Hbond substituents is 1. The summed E-state index contributed by atoms with van der Waals surface area (Å²) in [5.74, 6) is 0.0798. The fourth-order valence-corrected chi connectivity index (χ4v) is 2.77. The van der Waals surface area contributed by atoms with Crippen molar-refractivity contribution in [2.45, 2.75) is 38.6 Å². The molecule has 1 aromatic carbocycles. The van der Waals surface area contributed by atoms with Crippen molar-refractivity contribution in [3.8, 4) is 5.75 Å². The van der Waals surface area contributed by atoms with E-state index in [2.05, 4.69) is 0 Å². The van der Waals surface area contributed by atoms with Gasteiger partial charge in [0.2, 0.25) is 0 Å². The van der Waals surface area contributed by atoms with Gasteiger partial charge in [-0.25, -0.2) is 0 Å². The van der Waals surface area contributed by atoms with Crippen LogP contribution < -0.4 is 0 Å². The van der Waals surface area contributed by atoms with Gasteiger partial charge in [-0.1, -0.05) is 0 Å². The van der Waals surface area contributed by atoms with Crippen LogP contribution in [0.2, 0.25) is 0 Å². The lowest BCUT2D eigenvalue weighted by Gasteiger charge is -2.35. The highest BCUT2D eigenvalue weighted by molar-refractivity contribution is 5.95. The van der Waals surface area contributed by atoms with Gasteiger partial charge >= 0.3 is 0 Å². The van der Waals surface area contributed by atoms with Crippen molar-refractivity contribution >= 4 is 5.91 Å². The molecule has 4 nitrogen and oxygen atoms in total. The first-order valence-corrected chi connectivity index (χ1v) is 6.84. The molecule has 0 saturated carbocycles. The molecule has 1 saturated heterocycles. The van der Waals surface area contributed by atoms with Gasteiger partial charge in [0.1, 0.15) is 5.75 Å². The van der Waals surface area contributed by atoms with E-state index in [4.69, 9.17) is 5.11 Å². The molecule has 2 N–H and O–H groups in total. The molecule has 0 bridgehead atoms. The maximum Gasteiger partial charge on any atom is 0.254 e. The molecule has 1 fully saturated rings. The van der Waals surface area contributed by atoms with Gasteiger partial charge in [-0.2, -0.15) is 0 Å². The van der Waals surface area contributed by atoms with Crippen LogP contribution in [0, 0.1) is 6.92 Å². The molecule has 0 aliphatic carbocycles. The summed E-state index contributed by atoms with van der Waals surface area (Å²) in [5.41, 5.74) is 1.40. The smallest absolute Gasteiger partial charge is 0.254 e. The first-order valence-electron chi connectivity index (χ1n) is 6.84. The molecule has 1 amide bonds. The number of likely N-dealkylation sites (tertiary alicyclic amines) is 1. The third-order valence-corrected chi connectivity index (χ3v) is 3.66. The Morgan fingerprint density at radius 1 is 1.37 bits per heavy atom. The SMILES string of the molecule is Cc1cc(O)cc(C(=O)N2CCCCC2CCO)c1. The quantitative estimate of drug-likeness (QED) is 0.877. The molecule has 1 heterocycles. The van der Waals surface area contributed by atoms with Crippen molar-refractivity contribution in [2.24, 2.45) is 0 Å². The summed E-state index contributed by atoms with van der Waals surface area (Å²) < 4.78 is 0. The van der Waals surface area contributed by atoms with Gasteiger partial charge in [0.15, 0.2) is 0 Å². The van der Waals surface area contributed by atoms with Crippen LogP contribution in [-0.4, -0.2) is 40.2 Å². The Morgan fingerprint density at radius 3 is 2.84 bits per heavy atom. The Labute approximate surface area is 113 Å². The van der Waals surface area contributed by atoms with Crippen molar-refractivity contribution in [1.29, 1.82) is 0 Å². The average Bonchev–Trinajstić information content (AvgIpc) is 2.38. The zero-order valence-electron chi connectivity index (χ0n) is 11.3. The molecule has 104 valence electrons. The average molecular weight is 263 g/mol.